The molecule has 1 aliphatic rings. The quantitative estimate of drug-likeness (QED) is 0.113. The highest BCUT2D eigenvalue weighted by Crippen LogP contribution is 2.45. The maximum absolute atomic E-state index is 13.8. The van der Waals surface area contributed by atoms with Crippen molar-refractivity contribution in [1.29, 1.82) is 0 Å². The topological polar surface area (TPSA) is 74.8 Å². The number of hydrazine groups is 1. The lowest BCUT2D eigenvalue weighted by molar-refractivity contribution is 0.00527. The first-order valence-electron chi connectivity index (χ1n) is 10.5. The predicted molar refractivity (Wildman–Crippen MR) is 155 cm³/mol. The zero-order valence-electron chi connectivity index (χ0n) is 19.0. The van der Waals surface area contributed by atoms with Crippen LogP contribution in [0.15, 0.2) is 54.3 Å². The normalized spacial score (nSPS) is 12.7. The number of hydrogen-bond acceptors (Lipinski definition) is 4. The van der Waals surface area contributed by atoms with Gasteiger partial charge in [0.1, 0.15) is 6.54 Å². The van der Waals surface area contributed by atoms with Crippen molar-refractivity contribution in [3.05, 3.63) is 97.7 Å². The Morgan fingerprint density at radius 1 is 0.811 bits per heavy atom. The van der Waals surface area contributed by atoms with Crippen LogP contribution in [-0.2, 0) is 0 Å². The Labute approximate surface area is 255 Å². The van der Waals surface area contributed by atoms with Crippen LogP contribution < -0.4 is 0 Å². The lowest BCUT2D eigenvalue weighted by Gasteiger charge is -2.30. The Bertz CT molecular complexity index is 1500. The molecule has 0 bridgehead atoms. The van der Waals surface area contributed by atoms with E-state index in [9.17, 15) is 19.2 Å². The van der Waals surface area contributed by atoms with Crippen molar-refractivity contribution >= 4 is 110 Å². The Hall–Kier alpha value is -1.56. The maximum Gasteiger partial charge on any atom is 0.282 e. The number of Topliss-reactive ketones (excluding diaryl/α,β-unsaturated/α-hetero) is 1. The van der Waals surface area contributed by atoms with Crippen LogP contribution in [0, 0.1) is 13.8 Å². The van der Waals surface area contributed by atoms with Gasteiger partial charge in [0.2, 0.25) is 0 Å². The fraction of sp³-hybridized carbons (Fsp3) is 0.120. The van der Waals surface area contributed by atoms with E-state index in [0.717, 1.165) is 16.1 Å². The van der Waals surface area contributed by atoms with Crippen molar-refractivity contribution in [2.45, 2.75) is 13.8 Å². The number of ketones is 1. The van der Waals surface area contributed by atoms with Crippen LogP contribution in [0.2, 0.25) is 10.0 Å². The average molecular weight is 797 g/mol. The van der Waals surface area contributed by atoms with Gasteiger partial charge >= 0.3 is 0 Å². The highest BCUT2D eigenvalue weighted by molar-refractivity contribution is 9.15. The monoisotopic (exact) mass is 792 g/mol. The number of carbonyl (C=O) groups is 4. The summed E-state index contributed by atoms with van der Waals surface area (Å²) in [7, 11) is 0. The lowest BCUT2D eigenvalue weighted by atomic mass is 10.0. The summed E-state index contributed by atoms with van der Waals surface area (Å²) in [6, 6.07) is 9.30. The molecule has 0 saturated heterocycles. The molecule has 0 spiro atoms. The van der Waals surface area contributed by atoms with Crippen molar-refractivity contribution in [3.8, 4) is 0 Å². The Balaban J connectivity index is 1.84. The number of fused-ring (bicyclic) bond motifs is 1. The largest absolute Gasteiger partial charge is 0.292 e. The predicted octanol–water partition coefficient (Wildman–Crippen LogP) is 8.20. The molecule has 6 nitrogen and oxygen atoms in total. The molecule has 0 radical (unpaired) electrons. The highest BCUT2D eigenvalue weighted by Gasteiger charge is 2.46. The first kappa shape index (κ1) is 28.4. The minimum Gasteiger partial charge on any atom is -0.292 e. The SMILES string of the molecule is Cc1ccc(C(=O)CN(C(=O)c2ccc(Cl)cc2Cl)N2C(=O)c3c(Br)c(Br)c(Br)c(Br)c3C2=O)cc1C. The van der Waals surface area contributed by atoms with E-state index in [2.05, 4.69) is 63.7 Å². The van der Waals surface area contributed by atoms with Crippen LogP contribution >= 0.6 is 86.9 Å². The molecule has 3 amide bonds. The number of aryl methyl sites for hydroxylation is 2. The molecule has 12 heteroatoms. The number of nitrogens with zero attached hydrogens (tertiary/aromatic N) is 2. The van der Waals surface area contributed by atoms with Crippen molar-refractivity contribution in [2.24, 2.45) is 0 Å². The molecular formula is C25H14Br4Cl2N2O4. The molecule has 0 unspecified atom stereocenters. The third-order valence-electron chi connectivity index (χ3n) is 5.84. The molecule has 0 aliphatic carbocycles. The summed E-state index contributed by atoms with van der Waals surface area (Å²) in [6.07, 6.45) is 0. The molecule has 1 heterocycles. The first-order chi connectivity index (χ1) is 17.3. The summed E-state index contributed by atoms with van der Waals surface area (Å²) >= 11 is 25.8. The summed E-state index contributed by atoms with van der Waals surface area (Å²) in [5.41, 5.74) is 2.23. The zero-order chi connectivity index (χ0) is 27.3. The van der Waals surface area contributed by atoms with Crippen molar-refractivity contribution in [2.75, 3.05) is 6.54 Å². The molecule has 4 rings (SSSR count). The van der Waals surface area contributed by atoms with Gasteiger partial charge < -0.3 is 0 Å². The molecule has 190 valence electrons. The van der Waals surface area contributed by atoms with Crippen molar-refractivity contribution < 1.29 is 19.2 Å². The van der Waals surface area contributed by atoms with E-state index in [1.165, 1.54) is 18.2 Å². The number of hydrogen-bond donors (Lipinski definition) is 0. The van der Waals surface area contributed by atoms with Gasteiger partial charge in [-0.15, -0.1) is 0 Å². The number of imide groups is 1. The summed E-state index contributed by atoms with van der Waals surface area (Å²) in [5, 5.41) is 1.79. The van der Waals surface area contributed by atoms with E-state index in [-0.39, 0.29) is 21.7 Å². The second kappa shape index (κ2) is 10.9. The highest BCUT2D eigenvalue weighted by atomic mass is 79.9. The van der Waals surface area contributed by atoms with Crippen molar-refractivity contribution in [1.82, 2.24) is 10.0 Å². The lowest BCUT2D eigenvalue weighted by Crippen LogP contribution is -2.51. The zero-order valence-corrected chi connectivity index (χ0v) is 26.8. The maximum atomic E-state index is 13.8. The molecule has 1 aliphatic heterocycles. The van der Waals surface area contributed by atoms with E-state index in [4.69, 9.17) is 23.2 Å². The van der Waals surface area contributed by atoms with Gasteiger partial charge in [-0.25, -0.2) is 5.01 Å². The van der Waals surface area contributed by atoms with Gasteiger partial charge in [0.05, 0.1) is 21.7 Å². The number of benzene rings is 3. The van der Waals surface area contributed by atoms with Gasteiger partial charge in [0, 0.05) is 28.5 Å². The minimum atomic E-state index is -0.821. The molecular weight excluding hydrogens is 783 g/mol. The third kappa shape index (κ3) is 5.08. The van der Waals surface area contributed by atoms with Crippen LogP contribution in [0.3, 0.4) is 0 Å². The summed E-state index contributed by atoms with van der Waals surface area (Å²) in [5.74, 6) is -2.86. The van der Waals surface area contributed by atoms with E-state index in [1.807, 2.05) is 13.8 Å². The molecule has 3 aromatic rings. The van der Waals surface area contributed by atoms with Crippen LogP contribution in [0.4, 0.5) is 0 Å². The number of carbonyl (C=O) groups excluding carboxylic acids is 4. The van der Waals surface area contributed by atoms with Crippen LogP contribution in [0.5, 0.6) is 0 Å². The third-order valence-corrected chi connectivity index (χ3v) is 11.2. The van der Waals surface area contributed by atoms with Gasteiger partial charge in [-0.1, -0.05) is 35.3 Å². The minimum absolute atomic E-state index is 0.00517. The molecule has 0 atom stereocenters. The average Bonchev–Trinajstić information content (AvgIpc) is 3.11. The Morgan fingerprint density at radius 2 is 1.38 bits per heavy atom. The molecule has 0 aromatic heterocycles. The molecule has 0 N–H and O–H groups in total. The van der Waals surface area contributed by atoms with Crippen LogP contribution in [0.1, 0.15) is 52.6 Å². The standard InChI is InChI=1S/C25H14Br4Cl2N2O4/c1-10-3-4-12(7-11(10)2)16(34)9-32(23(35)14-6-5-13(30)8-15(14)31)33-24(36)17-18(25(33)37)20(27)22(29)21(28)19(17)26/h3-8H,9H2,1-2H3. The van der Waals surface area contributed by atoms with Gasteiger partial charge in [-0.2, -0.15) is 5.01 Å². The van der Waals surface area contributed by atoms with Gasteiger partial charge in [-0.3, -0.25) is 19.2 Å². The van der Waals surface area contributed by atoms with Crippen molar-refractivity contribution in [3.63, 3.8) is 0 Å². The van der Waals surface area contributed by atoms with E-state index >= 15 is 0 Å². The smallest absolute Gasteiger partial charge is 0.282 e. The molecule has 0 saturated carbocycles. The molecule has 37 heavy (non-hydrogen) atoms. The number of halogens is 6. The first-order valence-corrected chi connectivity index (χ1v) is 14.4. The van der Waals surface area contributed by atoms with Gasteiger partial charge in [0.15, 0.2) is 5.78 Å². The fourth-order valence-electron chi connectivity index (χ4n) is 3.73. The summed E-state index contributed by atoms with van der Waals surface area (Å²) in [6.45, 7) is 3.17. The molecule has 3 aromatic carbocycles. The van der Waals surface area contributed by atoms with Gasteiger partial charge in [-0.05, 0) is 113 Å². The Morgan fingerprint density at radius 3 is 1.89 bits per heavy atom. The second-order valence-electron chi connectivity index (χ2n) is 8.14. The number of rotatable bonds is 5. The second-order valence-corrected chi connectivity index (χ2v) is 12.2. The van der Waals surface area contributed by atoms with E-state index in [1.54, 1.807) is 18.2 Å². The summed E-state index contributed by atoms with van der Waals surface area (Å²) in [4.78, 5) is 54.4. The fourth-order valence-corrected chi connectivity index (χ4v) is 6.68. The van der Waals surface area contributed by atoms with Crippen LogP contribution in [0.25, 0.3) is 0 Å². The number of amides is 3. The van der Waals surface area contributed by atoms with Crippen LogP contribution in [-0.4, -0.2) is 40.1 Å². The molecule has 0 fully saturated rings. The Kier molecular flexibility index (Phi) is 8.38. The van der Waals surface area contributed by atoms with Gasteiger partial charge in [0.25, 0.3) is 17.7 Å². The van der Waals surface area contributed by atoms with E-state index in [0.29, 0.717) is 33.5 Å². The van der Waals surface area contributed by atoms with E-state index < -0.39 is 30.0 Å². The summed E-state index contributed by atoms with van der Waals surface area (Å²) < 4.78 is 1.61.